The number of nitrogens with zero attached hydrogens (tertiary/aromatic N) is 2. The predicted molar refractivity (Wildman–Crippen MR) is 63.2 cm³/mol. The van der Waals surface area contributed by atoms with Crippen molar-refractivity contribution in [3.63, 3.8) is 0 Å². The molecule has 0 amide bonds. The number of hydrogen-bond donors (Lipinski definition) is 1. The van der Waals surface area contributed by atoms with E-state index in [1.807, 2.05) is 0 Å². The largest absolute Gasteiger partial charge is 0.406 e. The van der Waals surface area contributed by atoms with Crippen LogP contribution >= 0.6 is 11.3 Å². The molecular weight excluding hydrogens is 324 g/mol. The van der Waals surface area contributed by atoms with E-state index in [-0.39, 0.29) is 11.4 Å². The Balaban J connectivity index is 2.68. The van der Waals surface area contributed by atoms with Gasteiger partial charge in [0.25, 0.3) is 0 Å². The Labute approximate surface area is 120 Å². The fourth-order valence-corrected chi connectivity index (χ4v) is 2.44. The fraction of sp³-hybridized carbons (Fsp3) is 0.800. The van der Waals surface area contributed by atoms with Crippen molar-refractivity contribution in [2.75, 3.05) is 26.8 Å². The van der Waals surface area contributed by atoms with Gasteiger partial charge in [-0.05, 0) is 0 Å². The van der Waals surface area contributed by atoms with Crippen molar-refractivity contribution < 1.29 is 31.1 Å². The summed E-state index contributed by atoms with van der Waals surface area (Å²) in [6, 6.07) is 0. The summed E-state index contributed by atoms with van der Waals surface area (Å²) in [6.07, 6.45) is -10.7. The van der Waals surface area contributed by atoms with Crippen molar-refractivity contribution in [1.82, 2.24) is 15.5 Å². The summed E-state index contributed by atoms with van der Waals surface area (Å²) in [6.45, 7) is 1.34. The highest BCUT2D eigenvalue weighted by molar-refractivity contribution is 7.11. The highest BCUT2D eigenvalue weighted by Crippen LogP contribution is 2.46. The van der Waals surface area contributed by atoms with E-state index < -0.39 is 23.3 Å². The maximum absolute atomic E-state index is 12.5. The van der Waals surface area contributed by atoms with Crippen molar-refractivity contribution in [2.45, 2.75) is 24.7 Å². The Morgan fingerprint density at radius 1 is 1.10 bits per heavy atom. The predicted octanol–water partition coefficient (Wildman–Crippen LogP) is 2.52. The Bertz CT molecular complexity index is 419. The zero-order chi connectivity index (χ0) is 16.1. The van der Waals surface area contributed by atoms with Crippen molar-refractivity contribution >= 4 is 11.3 Å². The number of rotatable bonds is 7. The van der Waals surface area contributed by atoms with Gasteiger partial charge in [0.1, 0.15) is 10.0 Å². The van der Waals surface area contributed by atoms with E-state index in [2.05, 4.69) is 15.5 Å². The highest BCUT2D eigenvalue weighted by atomic mass is 32.1. The van der Waals surface area contributed by atoms with Crippen LogP contribution in [0.1, 0.15) is 15.9 Å². The molecule has 0 saturated heterocycles. The quantitative estimate of drug-likeness (QED) is 0.614. The summed E-state index contributed by atoms with van der Waals surface area (Å²) in [5.74, 6) is -3.59. The van der Waals surface area contributed by atoms with E-state index in [1.54, 1.807) is 0 Å². The highest BCUT2D eigenvalue weighted by Gasteiger charge is 2.59. The first-order valence-electron chi connectivity index (χ1n) is 5.81. The first kappa shape index (κ1) is 18.1. The molecular formula is C10H13F6N3OS. The minimum atomic E-state index is -5.44. The maximum Gasteiger partial charge on any atom is 0.406 e. The number of methoxy groups -OCH3 is 1. The molecule has 0 spiro atoms. The molecule has 0 atom stereocenters. The van der Waals surface area contributed by atoms with Crippen LogP contribution in [0.2, 0.25) is 0 Å². The van der Waals surface area contributed by atoms with Crippen LogP contribution in [0.4, 0.5) is 26.3 Å². The average Bonchev–Trinajstić information content (AvgIpc) is 2.73. The molecule has 0 aliphatic carbocycles. The summed E-state index contributed by atoms with van der Waals surface area (Å²) < 4.78 is 79.7. The Morgan fingerprint density at radius 2 is 1.71 bits per heavy atom. The van der Waals surface area contributed by atoms with Crippen LogP contribution in [0.3, 0.4) is 0 Å². The van der Waals surface area contributed by atoms with Gasteiger partial charge in [0.2, 0.25) is 5.92 Å². The van der Waals surface area contributed by atoms with E-state index in [1.165, 1.54) is 7.11 Å². The number of ether oxygens (including phenoxy) is 1. The van der Waals surface area contributed by atoms with Crippen LogP contribution in [-0.2, 0) is 11.2 Å². The minimum Gasteiger partial charge on any atom is -0.383 e. The molecule has 11 heteroatoms. The summed E-state index contributed by atoms with van der Waals surface area (Å²) in [4.78, 5) is 0. The second kappa shape index (κ2) is 7.36. The summed E-state index contributed by atoms with van der Waals surface area (Å²) in [5.41, 5.74) is 0. The Hall–Kier alpha value is -0.940. The van der Waals surface area contributed by atoms with Crippen LogP contribution in [0.25, 0.3) is 0 Å². The third-order valence-corrected chi connectivity index (χ3v) is 3.43. The van der Waals surface area contributed by atoms with Crippen LogP contribution in [0.15, 0.2) is 0 Å². The molecule has 21 heavy (non-hydrogen) atoms. The molecule has 122 valence electrons. The van der Waals surface area contributed by atoms with Crippen molar-refractivity contribution in [3.05, 3.63) is 10.0 Å². The topological polar surface area (TPSA) is 47.0 Å². The number of alkyl halides is 6. The molecule has 4 nitrogen and oxygen atoms in total. The molecule has 1 aromatic heterocycles. The average molecular weight is 337 g/mol. The molecule has 0 unspecified atom stereocenters. The molecule has 0 radical (unpaired) electrons. The van der Waals surface area contributed by atoms with Gasteiger partial charge >= 0.3 is 12.4 Å². The molecule has 0 aliphatic rings. The lowest BCUT2D eigenvalue weighted by molar-refractivity contribution is -0.253. The number of hydrogen-bond acceptors (Lipinski definition) is 5. The first-order valence-corrected chi connectivity index (χ1v) is 6.63. The van der Waals surface area contributed by atoms with Gasteiger partial charge in [-0.3, -0.25) is 0 Å². The zero-order valence-corrected chi connectivity index (χ0v) is 11.7. The second-order valence-corrected chi connectivity index (χ2v) is 5.14. The molecule has 1 aromatic rings. The van der Waals surface area contributed by atoms with Gasteiger partial charge < -0.3 is 10.1 Å². The lowest BCUT2D eigenvalue weighted by Gasteiger charge is -2.20. The second-order valence-electron chi connectivity index (χ2n) is 4.04. The summed E-state index contributed by atoms with van der Waals surface area (Å²) >= 11 is 0.325. The third kappa shape index (κ3) is 5.75. The normalized spacial score (nSPS) is 13.1. The lowest BCUT2D eigenvalue weighted by Crippen LogP contribution is -2.34. The zero-order valence-electron chi connectivity index (χ0n) is 10.9. The summed E-state index contributed by atoms with van der Waals surface area (Å²) in [5, 5.41) is 8.36. The molecule has 0 aromatic carbocycles. The Morgan fingerprint density at radius 3 is 2.24 bits per heavy atom. The molecule has 1 heterocycles. The van der Waals surface area contributed by atoms with Crippen LogP contribution in [0.5, 0.6) is 0 Å². The number of aromatic nitrogens is 2. The van der Waals surface area contributed by atoms with Crippen LogP contribution in [-0.4, -0.2) is 49.4 Å². The standard InChI is InChI=1S/C10H13F6N3OS/c1-20-5-4-17-3-2-6-18-19-8(21-6)7(9(11,12)13)10(14,15)16/h7,17H,2-5H2,1H3. The molecule has 0 saturated carbocycles. The smallest absolute Gasteiger partial charge is 0.383 e. The van der Waals surface area contributed by atoms with Crippen molar-refractivity contribution in [2.24, 2.45) is 0 Å². The fourth-order valence-electron chi connectivity index (χ4n) is 1.44. The van der Waals surface area contributed by atoms with Gasteiger partial charge in [0, 0.05) is 26.6 Å². The van der Waals surface area contributed by atoms with Crippen LogP contribution in [0, 0.1) is 0 Å². The van der Waals surface area contributed by atoms with Crippen LogP contribution < -0.4 is 5.32 Å². The molecule has 1 rings (SSSR count). The van der Waals surface area contributed by atoms with Gasteiger partial charge in [0.15, 0.2) is 0 Å². The van der Waals surface area contributed by atoms with E-state index in [0.717, 1.165) is 0 Å². The molecule has 0 bridgehead atoms. The number of nitrogens with one attached hydrogen (secondary N) is 1. The third-order valence-electron chi connectivity index (χ3n) is 2.38. The minimum absolute atomic E-state index is 0.119. The SMILES string of the molecule is COCCNCCc1nnc(C(C(F)(F)F)C(F)(F)F)s1. The summed E-state index contributed by atoms with van der Waals surface area (Å²) in [7, 11) is 1.51. The van der Waals surface area contributed by atoms with Crippen molar-refractivity contribution in [3.8, 4) is 0 Å². The molecule has 0 aliphatic heterocycles. The van der Waals surface area contributed by atoms with Gasteiger partial charge in [-0.1, -0.05) is 0 Å². The first-order chi connectivity index (χ1) is 9.66. The van der Waals surface area contributed by atoms with E-state index in [4.69, 9.17) is 4.74 Å². The van der Waals surface area contributed by atoms with Gasteiger partial charge in [-0.15, -0.1) is 21.5 Å². The van der Waals surface area contributed by atoms with Crippen molar-refractivity contribution in [1.29, 1.82) is 0 Å². The molecule has 0 fully saturated rings. The van der Waals surface area contributed by atoms with E-state index >= 15 is 0 Å². The number of halogens is 6. The monoisotopic (exact) mass is 337 g/mol. The Kier molecular flexibility index (Phi) is 6.35. The maximum atomic E-state index is 12.5. The van der Waals surface area contributed by atoms with Gasteiger partial charge in [-0.2, -0.15) is 26.3 Å². The lowest BCUT2D eigenvalue weighted by atomic mass is 10.1. The molecule has 1 N–H and O–H groups in total. The van der Waals surface area contributed by atoms with Gasteiger partial charge in [0.05, 0.1) is 6.61 Å². The van der Waals surface area contributed by atoms with E-state index in [9.17, 15) is 26.3 Å². The van der Waals surface area contributed by atoms with E-state index in [0.29, 0.717) is 31.0 Å². The van der Waals surface area contributed by atoms with Gasteiger partial charge in [-0.25, -0.2) is 0 Å².